The highest BCUT2D eigenvalue weighted by Gasteiger charge is 2.14. The van der Waals surface area contributed by atoms with Crippen molar-refractivity contribution >= 4 is 11.3 Å². The van der Waals surface area contributed by atoms with Crippen molar-refractivity contribution in [3.63, 3.8) is 0 Å². The largest absolute Gasteiger partial charge is 0.396 e. The van der Waals surface area contributed by atoms with Gasteiger partial charge in [0.15, 0.2) is 5.65 Å². The predicted molar refractivity (Wildman–Crippen MR) is 66.9 cm³/mol. The molecule has 0 aliphatic rings. The molecule has 0 atom stereocenters. The van der Waals surface area contributed by atoms with Crippen molar-refractivity contribution in [3.05, 3.63) is 39.2 Å². The summed E-state index contributed by atoms with van der Waals surface area (Å²) in [6.07, 6.45) is 3.18. The second kappa shape index (κ2) is 5.02. The van der Waals surface area contributed by atoms with Crippen LogP contribution < -0.4 is 5.56 Å². The number of hydrogen-bond acceptors (Lipinski definition) is 3. The Hall–Kier alpha value is -2.13. The quantitative estimate of drug-likeness (QED) is 0.792. The molecule has 2 rings (SSSR count). The molecule has 6 nitrogen and oxygen atoms in total. The number of nitrogens with zero attached hydrogens (tertiary/aromatic N) is 3. The molecule has 0 bridgehead atoms. The second-order valence-corrected chi connectivity index (χ2v) is 3.95. The van der Waals surface area contributed by atoms with Crippen LogP contribution in [-0.2, 0) is 12.8 Å². The molecule has 0 radical (unpaired) electrons. The highest BCUT2D eigenvalue weighted by molar-refractivity contribution is 5.67. The van der Waals surface area contributed by atoms with E-state index in [0.717, 1.165) is 0 Å². The van der Waals surface area contributed by atoms with E-state index in [4.69, 9.17) is 11.7 Å². The van der Waals surface area contributed by atoms with Gasteiger partial charge in [-0.25, -0.2) is 14.3 Å². The summed E-state index contributed by atoms with van der Waals surface area (Å²) < 4.78 is 1.30. The Morgan fingerprint density at radius 1 is 1.61 bits per heavy atom. The molecule has 0 spiro atoms. The van der Waals surface area contributed by atoms with Crippen LogP contribution in [0.1, 0.15) is 24.6 Å². The van der Waals surface area contributed by atoms with E-state index >= 15 is 0 Å². The van der Waals surface area contributed by atoms with Crippen LogP contribution in [0.25, 0.3) is 10.5 Å². The number of hydrogen-bond donors (Lipinski definition) is 2. The van der Waals surface area contributed by atoms with E-state index in [1.54, 1.807) is 0 Å². The number of nitrogens with one attached hydrogen (secondary N) is 1. The number of aliphatic hydroxyl groups excluding tert-OH is 1. The maximum absolute atomic E-state index is 12.2. The monoisotopic (exact) mass is 246 g/mol. The number of fused-ring (bicyclic) bond motifs is 1. The molecule has 6 heteroatoms. The molecule has 0 aliphatic heterocycles. The maximum Gasteiger partial charge on any atom is 0.274 e. The van der Waals surface area contributed by atoms with Gasteiger partial charge in [-0.15, -0.1) is 0 Å². The lowest BCUT2D eigenvalue weighted by Gasteiger charge is -2.06. The van der Waals surface area contributed by atoms with Crippen molar-refractivity contribution in [2.45, 2.75) is 26.2 Å². The minimum absolute atomic E-state index is 0.0625. The van der Waals surface area contributed by atoms with Crippen LogP contribution in [0.5, 0.6) is 0 Å². The van der Waals surface area contributed by atoms with E-state index in [1.165, 1.54) is 10.7 Å². The van der Waals surface area contributed by atoms with E-state index in [0.29, 0.717) is 41.9 Å². The molecule has 0 fully saturated rings. The number of H-pyrrole nitrogens is 1. The normalized spacial score (nSPS) is 10.7. The first-order valence-corrected chi connectivity index (χ1v) is 5.83. The molecular weight excluding hydrogens is 232 g/mol. The minimum Gasteiger partial charge on any atom is -0.396 e. The Bertz CT molecular complexity index is 663. The standard InChI is InChI=1S/C12H14N4O2/c1-3-8-9(5-4-6-17)15-11-10(13-2)7-14-16(11)12(8)18/h7,14,17H,3-6H2,1H3. The van der Waals surface area contributed by atoms with Crippen LogP contribution in [0.15, 0.2) is 11.0 Å². The van der Waals surface area contributed by atoms with Gasteiger partial charge in [-0.1, -0.05) is 6.92 Å². The third kappa shape index (κ3) is 1.89. The fourth-order valence-corrected chi connectivity index (χ4v) is 1.97. The lowest BCUT2D eigenvalue weighted by Crippen LogP contribution is -2.22. The molecule has 2 aromatic rings. The molecule has 0 amide bonds. The molecule has 2 N–H and O–H groups in total. The van der Waals surface area contributed by atoms with Gasteiger partial charge in [-0.2, -0.15) is 0 Å². The van der Waals surface area contributed by atoms with Gasteiger partial charge in [-0.05, 0) is 19.3 Å². The lowest BCUT2D eigenvalue weighted by atomic mass is 10.1. The summed E-state index contributed by atoms with van der Waals surface area (Å²) in [6.45, 7) is 8.99. The summed E-state index contributed by atoms with van der Waals surface area (Å²) in [7, 11) is 0. The molecule has 2 heterocycles. The van der Waals surface area contributed by atoms with Crippen molar-refractivity contribution in [1.82, 2.24) is 14.6 Å². The Labute approximate surface area is 104 Å². The smallest absolute Gasteiger partial charge is 0.274 e. The number of rotatable bonds is 4. The molecule has 0 aliphatic carbocycles. The van der Waals surface area contributed by atoms with Crippen molar-refractivity contribution in [2.75, 3.05) is 6.61 Å². The lowest BCUT2D eigenvalue weighted by molar-refractivity contribution is 0.288. The summed E-state index contributed by atoms with van der Waals surface area (Å²) in [5.74, 6) is 0. The highest BCUT2D eigenvalue weighted by atomic mass is 16.2. The van der Waals surface area contributed by atoms with Crippen LogP contribution in [0, 0.1) is 6.57 Å². The Morgan fingerprint density at radius 3 is 3.00 bits per heavy atom. The van der Waals surface area contributed by atoms with Crippen molar-refractivity contribution in [2.24, 2.45) is 0 Å². The van der Waals surface area contributed by atoms with Crippen molar-refractivity contribution in [3.8, 4) is 0 Å². The van der Waals surface area contributed by atoms with Crippen LogP contribution in [0.4, 0.5) is 5.69 Å². The van der Waals surface area contributed by atoms with E-state index in [2.05, 4.69) is 14.9 Å². The molecule has 0 unspecified atom stereocenters. The number of aromatic amines is 1. The zero-order valence-electron chi connectivity index (χ0n) is 10.1. The van der Waals surface area contributed by atoms with Crippen LogP contribution in [0.2, 0.25) is 0 Å². The molecule has 0 saturated heterocycles. The Kier molecular flexibility index (Phi) is 3.44. The third-order valence-electron chi connectivity index (χ3n) is 2.87. The van der Waals surface area contributed by atoms with Gasteiger partial charge in [-0.3, -0.25) is 4.79 Å². The topological polar surface area (TPSA) is 74.8 Å². The zero-order valence-corrected chi connectivity index (χ0v) is 10.1. The summed E-state index contributed by atoms with van der Waals surface area (Å²) in [6, 6.07) is 0. The van der Waals surface area contributed by atoms with Gasteiger partial charge in [0.1, 0.15) is 0 Å². The van der Waals surface area contributed by atoms with Crippen LogP contribution in [0.3, 0.4) is 0 Å². The van der Waals surface area contributed by atoms with Gasteiger partial charge in [0.2, 0.25) is 5.69 Å². The predicted octanol–water partition coefficient (Wildman–Crippen LogP) is 1.06. The minimum atomic E-state index is -0.162. The third-order valence-corrected chi connectivity index (χ3v) is 2.87. The van der Waals surface area contributed by atoms with E-state index < -0.39 is 0 Å². The number of aromatic nitrogens is 3. The summed E-state index contributed by atoms with van der Waals surface area (Å²) in [4.78, 5) is 19.9. The second-order valence-electron chi connectivity index (χ2n) is 3.95. The summed E-state index contributed by atoms with van der Waals surface area (Å²) in [5.41, 5.74) is 1.85. The highest BCUT2D eigenvalue weighted by Crippen LogP contribution is 2.18. The first kappa shape index (κ1) is 12.3. The molecule has 94 valence electrons. The molecule has 0 saturated carbocycles. The average molecular weight is 246 g/mol. The number of aryl methyl sites for hydroxylation is 1. The Morgan fingerprint density at radius 2 is 2.39 bits per heavy atom. The SMILES string of the molecule is [C-]#[N+]c1c[nH]n2c(=O)c(CC)c(CCCO)nc12. The van der Waals surface area contributed by atoms with Gasteiger partial charge in [0.05, 0.1) is 12.3 Å². The van der Waals surface area contributed by atoms with Gasteiger partial charge in [0, 0.05) is 18.4 Å². The van der Waals surface area contributed by atoms with Gasteiger partial charge >= 0.3 is 0 Å². The van der Waals surface area contributed by atoms with Crippen molar-refractivity contribution < 1.29 is 5.11 Å². The van der Waals surface area contributed by atoms with Gasteiger partial charge in [0.25, 0.3) is 5.56 Å². The van der Waals surface area contributed by atoms with Crippen LogP contribution in [-0.4, -0.2) is 26.3 Å². The maximum atomic E-state index is 12.2. The first-order chi connectivity index (χ1) is 8.72. The van der Waals surface area contributed by atoms with Gasteiger partial charge < -0.3 is 10.2 Å². The fraction of sp³-hybridized carbons (Fsp3) is 0.417. The summed E-state index contributed by atoms with van der Waals surface area (Å²) in [5, 5.41) is 11.6. The molecule has 2 aromatic heterocycles. The fourth-order valence-electron chi connectivity index (χ4n) is 1.97. The average Bonchev–Trinajstić information content (AvgIpc) is 2.79. The summed E-state index contributed by atoms with van der Waals surface area (Å²) >= 11 is 0. The number of aliphatic hydroxyl groups is 1. The van der Waals surface area contributed by atoms with E-state index in [-0.39, 0.29) is 12.2 Å². The first-order valence-electron chi connectivity index (χ1n) is 5.83. The van der Waals surface area contributed by atoms with E-state index in [1.807, 2.05) is 6.92 Å². The van der Waals surface area contributed by atoms with E-state index in [9.17, 15) is 4.79 Å². The Balaban J connectivity index is 2.68. The molecule has 18 heavy (non-hydrogen) atoms. The zero-order chi connectivity index (χ0) is 13.1. The van der Waals surface area contributed by atoms with Crippen LogP contribution >= 0.6 is 0 Å². The van der Waals surface area contributed by atoms with Crippen molar-refractivity contribution in [1.29, 1.82) is 0 Å². The molecule has 0 aromatic carbocycles. The molecular formula is C12H14N4O2.